The summed E-state index contributed by atoms with van der Waals surface area (Å²) < 4.78 is 0. The van der Waals surface area contributed by atoms with Gasteiger partial charge in [-0.1, -0.05) is 37.6 Å². The molecule has 4 N–H and O–H groups in total. The summed E-state index contributed by atoms with van der Waals surface area (Å²) in [6.07, 6.45) is 0.617. The highest BCUT2D eigenvalue weighted by molar-refractivity contribution is 6.30. The van der Waals surface area contributed by atoms with Crippen LogP contribution in [0.3, 0.4) is 0 Å². The van der Waals surface area contributed by atoms with E-state index in [1.807, 2.05) is 13.8 Å². The van der Waals surface area contributed by atoms with Gasteiger partial charge in [0.25, 0.3) is 0 Å². The van der Waals surface area contributed by atoms with Crippen LogP contribution in [-0.2, 0) is 4.79 Å². The highest BCUT2D eigenvalue weighted by Crippen LogP contribution is 2.25. The van der Waals surface area contributed by atoms with Crippen molar-refractivity contribution in [3.63, 3.8) is 0 Å². The molecule has 0 saturated carbocycles. The maximum atomic E-state index is 12.2. The monoisotopic (exact) mass is 298 g/mol. The van der Waals surface area contributed by atoms with Crippen LogP contribution in [0.15, 0.2) is 24.3 Å². The van der Waals surface area contributed by atoms with Gasteiger partial charge in [0, 0.05) is 18.1 Å². The van der Waals surface area contributed by atoms with Crippen molar-refractivity contribution in [2.24, 2.45) is 11.1 Å². The number of aliphatic hydroxyl groups excluding tert-OH is 1. The lowest BCUT2D eigenvalue weighted by Crippen LogP contribution is -2.46. The average molecular weight is 299 g/mol. The van der Waals surface area contributed by atoms with Crippen LogP contribution in [0.25, 0.3) is 0 Å². The molecule has 1 aromatic rings. The minimum atomic E-state index is -0.750. The fraction of sp³-hybridized carbons (Fsp3) is 0.533. The van der Waals surface area contributed by atoms with Gasteiger partial charge >= 0.3 is 0 Å². The lowest BCUT2D eigenvalue weighted by Gasteiger charge is -2.29. The van der Waals surface area contributed by atoms with E-state index >= 15 is 0 Å². The fourth-order valence-electron chi connectivity index (χ4n) is 2.13. The number of aliphatic hydroxyl groups is 1. The maximum absolute atomic E-state index is 12.2. The molecule has 0 heterocycles. The van der Waals surface area contributed by atoms with E-state index in [1.54, 1.807) is 24.3 Å². The van der Waals surface area contributed by atoms with Gasteiger partial charge in [0.1, 0.15) is 0 Å². The van der Waals surface area contributed by atoms with E-state index < -0.39 is 11.5 Å². The van der Waals surface area contributed by atoms with E-state index in [0.29, 0.717) is 24.4 Å². The Morgan fingerprint density at radius 1 is 1.35 bits per heavy atom. The van der Waals surface area contributed by atoms with Gasteiger partial charge in [-0.2, -0.15) is 0 Å². The lowest BCUT2D eigenvalue weighted by molar-refractivity contribution is -0.131. The zero-order chi connectivity index (χ0) is 15.2. The first-order valence-corrected chi connectivity index (χ1v) is 7.28. The van der Waals surface area contributed by atoms with Crippen LogP contribution in [0.4, 0.5) is 0 Å². The maximum Gasteiger partial charge on any atom is 0.227 e. The van der Waals surface area contributed by atoms with Crippen molar-refractivity contribution < 1.29 is 9.90 Å². The van der Waals surface area contributed by atoms with Crippen molar-refractivity contribution in [2.75, 3.05) is 13.1 Å². The predicted molar refractivity (Wildman–Crippen MR) is 81.5 cm³/mol. The molecule has 0 aliphatic heterocycles. The predicted octanol–water partition coefficient (Wildman–Crippen LogP) is 2.25. The van der Waals surface area contributed by atoms with E-state index in [2.05, 4.69) is 5.32 Å². The molecule has 1 unspecified atom stereocenters. The third-order valence-corrected chi connectivity index (χ3v) is 4.19. The number of benzene rings is 1. The highest BCUT2D eigenvalue weighted by Gasteiger charge is 2.33. The molecule has 5 heteroatoms. The van der Waals surface area contributed by atoms with E-state index in [4.69, 9.17) is 17.3 Å². The van der Waals surface area contributed by atoms with Gasteiger partial charge in [0.2, 0.25) is 5.91 Å². The van der Waals surface area contributed by atoms with Gasteiger partial charge in [0.15, 0.2) is 0 Å². The van der Waals surface area contributed by atoms with Crippen molar-refractivity contribution >= 4 is 17.5 Å². The molecular formula is C15H23ClN2O2. The first kappa shape index (κ1) is 17.0. The van der Waals surface area contributed by atoms with Crippen molar-refractivity contribution in [3.8, 4) is 0 Å². The minimum Gasteiger partial charge on any atom is -0.387 e. The molecule has 0 saturated heterocycles. The Bertz CT molecular complexity index is 422. The second kappa shape index (κ2) is 7.62. The molecule has 112 valence electrons. The molecule has 0 bridgehead atoms. The van der Waals surface area contributed by atoms with Crippen molar-refractivity contribution in [1.82, 2.24) is 5.32 Å². The standard InChI is InChI=1S/C15H23ClN2O2/c1-3-15(4-2,10-17)14(20)18-9-13(19)11-5-7-12(16)8-6-11/h5-8,13,19H,3-4,9-10,17H2,1-2H3,(H,18,20). The summed E-state index contributed by atoms with van der Waals surface area (Å²) in [7, 11) is 0. The molecule has 0 aliphatic carbocycles. The summed E-state index contributed by atoms with van der Waals surface area (Å²) >= 11 is 5.79. The molecule has 1 rings (SSSR count). The highest BCUT2D eigenvalue weighted by atomic mass is 35.5. The Labute approximate surface area is 125 Å². The third-order valence-electron chi connectivity index (χ3n) is 3.94. The van der Waals surface area contributed by atoms with Crippen molar-refractivity contribution in [2.45, 2.75) is 32.8 Å². The van der Waals surface area contributed by atoms with E-state index in [0.717, 1.165) is 5.56 Å². The first-order chi connectivity index (χ1) is 9.49. The van der Waals surface area contributed by atoms with Crippen LogP contribution in [0.1, 0.15) is 38.4 Å². The second-order valence-electron chi connectivity index (χ2n) is 4.97. The Morgan fingerprint density at radius 2 is 1.90 bits per heavy atom. The number of nitrogens with two attached hydrogens (primary N) is 1. The van der Waals surface area contributed by atoms with Crippen LogP contribution in [0, 0.1) is 5.41 Å². The van der Waals surface area contributed by atoms with Crippen LogP contribution in [-0.4, -0.2) is 24.1 Å². The van der Waals surface area contributed by atoms with Gasteiger partial charge < -0.3 is 16.2 Å². The minimum absolute atomic E-state index is 0.0991. The summed E-state index contributed by atoms with van der Waals surface area (Å²) in [6, 6.07) is 6.92. The zero-order valence-corrected chi connectivity index (χ0v) is 12.8. The van der Waals surface area contributed by atoms with E-state index in [1.165, 1.54) is 0 Å². The van der Waals surface area contributed by atoms with E-state index in [-0.39, 0.29) is 12.5 Å². The summed E-state index contributed by atoms with van der Waals surface area (Å²) in [5, 5.41) is 13.5. The number of carbonyl (C=O) groups excluding carboxylic acids is 1. The summed E-state index contributed by atoms with van der Waals surface area (Å²) in [6.45, 7) is 4.38. The molecule has 0 aromatic heterocycles. The number of hydrogen-bond acceptors (Lipinski definition) is 3. The Balaban J connectivity index is 2.62. The Morgan fingerprint density at radius 3 is 2.35 bits per heavy atom. The van der Waals surface area contributed by atoms with Crippen LogP contribution in [0.2, 0.25) is 5.02 Å². The van der Waals surface area contributed by atoms with Crippen LogP contribution >= 0.6 is 11.6 Å². The molecule has 0 fully saturated rings. The first-order valence-electron chi connectivity index (χ1n) is 6.91. The molecule has 20 heavy (non-hydrogen) atoms. The number of hydrogen-bond donors (Lipinski definition) is 3. The molecule has 1 amide bonds. The summed E-state index contributed by atoms with van der Waals surface area (Å²) in [4.78, 5) is 12.2. The van der Waals surface area contributed by atoms with Gasteiger partial charge in [-0.3, -0.25) is 4.79 Å². The SMILES string of the molecule is CCC(CC)(CN)C(=O)NCC(O)c1ccc(Cl)cc1. The average Bonchev–Trinajstić information content (AvgIpc) is 2.48. The number of carbonyl (C=O) groups is 1. The quantitative estimate of drug-likeness (QED) is 0.723. The van der Waals surface area contributed by atoms with Gasteiger partial charge in [-0.05, 0) is 30.5 Å². The van der Waals surface area contributed by atoms with Gasteiger partial charge in [-0.25, -0.2) is 0 Å². The number of amides is 1. The zero-order valence-electron chi connectivity index (χ0n) is 12.0. The molecule has 1 aromatic carbocycles. The Kier molecular flexibility index (Phi) is 6.46. The largest absolute Gasteiger partial charge is 0.387 e. The number of nitrogens with one attached hydrogen (secondary N) is 1. The van der Waals surface area contributed by atoms with E-state index in [9.17, 15) is 9.90 Å². The summed E-state index contributed by atoms with van der Waals surface area (Å²) in [5.74, 6) is -0.0991. The van der Waals surface area contributed by atoms with Crippen LogP contribution in [0.5, 0.6) is 0 Å². The number of halogens is 1. The topological polar surface area (TPSA) is 75.4 Å². The normalized spacial score (nSPS) is 13.1. The lowest BCUT2D eigenvalue weighted by atomic mass is 9.81. The van der Waals surface area contributed by atoms with Gasteiger partial charge in [0.05, 0.1) is 11.5 Å². The molecule has 0 aliphatic rings. The number of rotatable bonds is 7. The second-order valence-corrected chi connectivity index (χ2v) is 5.41. The summed E-state index contributed by atoms with van der Waals surface area (Å²) in [5.41, 5.74) is 5.91. The molecule has 0 spiro atoms. The fourth-order valence-corrected chi connectivity index (χ4v) is 2.26. The molecular weight excluding hydrogens is 276 g/mol. The molecule has 0 radical (unpaired) electrons. The van der Waals surface area contributed by atoms with Crippen molar-refractivity contribution in [1.29, 1.82) is 0 Å². The van der Waals surface area contributed by atoms with Gasteiger partial charge in [-0.15, -0.1) is 0 Å². The molecule has 1 atom stereocenters. The Hall–Kier alpha value is -1.10. The molecule has 4 nitrogen and oxygen atoms in total. The smallest absolute Gasteiger partial charge is 0.227 e. The third kappa shape index (κ3) is 3.95. The van der Waals surface area contributed by atoms with Crippen LogP contribution < -0.4 is 11.1 Å². The van der Waals surface area contributed by atoms with Crippen molar-refractivity contribution in [3.05, 3.63) is 34.9 Å².